The maximum Gasteiger partial charge on any atom is 0.120 e. The summed E-state index contributed by atoms with van der Waals surface area (Å²) in [7, 11) is -0.728. The lowest BCUT2D eigenvalue weighted by Crippen LogP contribution is -2.25. The molecule has 3 unspecified atom stereocenters. The molecule has 0 bridgehead atoms. The zero-order valence-corrected chi connectivity index (χ0v) is 12.7. The van der Waals surface area contributed by atoms with Gasteiger partial charge >= 0.3 is 0 Å². The third-order valence-corrected chi connectivity index (χ3v) is 5.26. The first-order chi connectivity index (χ1) is 9.04. The van der Waals surface area contributed by atoms with Gasteiger partial charge in [-0.2, -0.15) is 0 Å². The van der Waals surface area contributed by atoms with Crippen LogP contribution in [0.3, 0.4) is 0 Å². The molecule has 4 heteroatoms. The highest BCUT2D eigenvalue weighted by Crippen LogP contribution is 2.45. The van der Waals surface area contributed by atoms with E-state index >= 15 is 0 Å². The fourth-order valence-electron chi connectivity index (χ4n) is 3.02. The molecule has 19 heavy (non-hydrogen) atoms. The number of phenols is 1. The Morgan fingerprint density at radius 3 is 2.84 bits per heavy atom. The fourth-order valence-corrected chi connectivity index (χ4v) is 3.65. The summed E-state index contributed by atoms with van der Waals surface area (Å²) in [6.45, 7) is 6.99. The molecule has 0 amide bonds. The van der Waals surface area contributed by atoms with Crippen LogP contribution in [-0.2, 0) is 10.8 Å². The summed E-state index contributed by atoms with van der Waals surface area (Å²) in [6, 6.07) is 3.96. The van der Waals surface area contributed by atoms with Crippen molar-refractivity contribution >= 4 is 10.8 Å². The van der Waals surface area contributed by atoms with Crippen molar-refractivity contribution in [2.75, 3.05) is 18.1 Å². The zero-order valence-electron chi connectivity index (χ0n) is 11.9. The van der Waals surface area contributed by atoms with Crippen molar-refractivity contribution in [3.8, 4) is 5.75 Å². The molecule has 3 nitrogen and oxygen atoms in total. The minimum absolute atomic E-state index is 0.193. The summed E-state index contributed by atoms with van der Waals surface area (Å²) >= 11 is 0. The maximum atomic E-state index is 11.4. The molecule has 0 saturated heterocycles. The molecular weight excluding hydrogens is 258 g/mol. The van der Waals surface area contributed by atoms with E-state index in [0.29, 0.717) is 23.2 Å². The highest BCUT2D eigenvalue weighted by atomic mass is 32.2. The van der Waals surface area contributed by atoms with Crippen molar-refractivity contribution < 1.29 is 9.32 Å². The summed E-state index contributed by atoms with van der Waals surface area (Å²) in [4.78, 5) is 0. The van der Waals surface area contributed by atoms with Crippen molar-refractivity contribution in [3.63, 3.8) is 0 Å². The molecule has 2 N–H and O–H groups in total. The van der Waals surface area contributed by atoms with Crippen molar-refractivity contribution in [2.24, 2.45) is 0 Å². The lowest BCUT2D eigenvalue weighted by Gasteiger charge is -2.15. The Balaban J connectivity index is 2.11. The van der Waals surface area contributed by atoms with E-state index in [1.54, 1.807) is 6.07 Å². The summed E-state index contributed by atoms with van der Waals surface area (Å²) in [5.41, 5.74) is 3.59. The number of benzene rings is 1. The Hall–Kier alpha value is -0.870. The molecule has 0 heterocycles. The van der Waals surface area contributed by atoms with E-state index in [-0.39, 0.29) is 6.04 Å². The monoisotopic (exact) mass is 281 g/mol. The second kappa shape index (κ2) is 6.06. The van der Waals surface area contributed by atoms with Gasteiger partial charge in [-0.05, 0) is 36.5 Å². The van der Waals surface area contributed by atoms with Crippen molar-refractivity contribution in [1.29, 1.82) is 0 Å². The molecule has 1 aromatic carbocycles. The first kappa shape index (κ1) is 14.5. The molecule has 106 valence electrons. The van der Waals surface area contributed by atoms with Crippen LogP contribution in [0.15, 0.2) is 12.1 Å². The number of nitrogens with one attached hydrogen (secondary N) is 1. The van der Waals surface area contributed by atoms with Crippen LogP contribution in [0.4, 0.5) is 0 Å². The Kier molecular flexibility index (Phi) is 4.63. The van der Waals surface area contributed by atoms with Gasteiger partial charge in [0, 0.05) is 40.5 Å². The third-order valence-electron chi connectivity index (χ3n) is 3.96. The molecule has 0 aromatic heterocycles. The summed E-state index contributed by atoms with van der Waals surface area (Å²) < 4.78 is 11.4. The minimum Gasteiger partial charge on any atom is -0.508 e. The Bertz CT molecular complexity index is 487. The minimum atomic E-state index is -0.728. The third kappa shape index (κ3) is 3.00. The van der Waals surface area contributed by atoms with Crippen LogP contribution in [0.1, 0.15) is 48.9 Å². The Labute approximate surface area is 117 Å². The molecule has 0 saturated carbocycles. The molecule has 0 spiro atoms. The van der Waals surface area contributed by atoms with Gasteiger partial charge in [-0.1, -0.05) is 19.9 Å². The predicted molar refractivity (Wildman–Crippen MR) is 80.2 cm³/mol. The molecule has 0 radical (unpaired) electrons. The van der Waals surface area contributed by atoms with Crippen LogP contribution in [-0.4, -0.2) is 27.4 Å². The number of aryl methyl sites for hydroxylation is 1. The van der Waals surface area contributed by atoms with Crippen molar-refractivity contribution in [1.82, 2.24) is 5.32 Å². The number of hydrogen-bond donors (Lipinski definition) is 2. The normalized spacial score (nSPS) is 23.3. The first-order valence-corrected chi connectivity index (χ1v) is 8.44. The zero-order chi connectivity index (χ0) is 14.0. The molecule has 0 fully saturated rings. The number of aromatic hydroxyl groups is 1. The summed E-state index contributed by atoms with van der Waals surface area (Å²) in [5, 5.41) is 13.5. The first-order valence-electron chi connectivity index (χ1n) is 6.95. The van der Waals surface area contributed by atoms with E-state index < -0.39 is 10.8 Å². The molecular formula is C15H23NO2S. The smallest absolute Gasteiger partial charge is 0.120 e. The van der Waals surface area contributed by atoms with Gasteiger partial charge < -0.3 is 10.4 Å². The van der Waals surface area contributed by atoms with E-state index in [2.05, 4.69) is 19.2 Å². The molecule has 2 rings (SSSR count). The maximum absolute atomic E-state index is 11.4. The second-order valence-corrected chi connectivity index (χ2v) is 7.17. The lowest BCUT2D eigenvalue weighted by molar-refractivity contribution is 0.449. The van der Waals surface area contributed by atoms with Crippen LogP contribution in [0.5, 0.6) is 5.75 Å². The lowest BCUT2D eigenvalue weighted by atomic mass is 9.97. The Morgan fingerprint density at radius 1 is 1.42 bits per heavy atom. The number of rotatable bonds is 5. The van der Waals surface area contributed by atoms with Gasteiger partial charge in [-0.3, -0.25) is 4.21 Å². The van der Waals surface area contributed by atoms with Crippen molar-refractivity contribution in [2.45, 2.75) is 39.2 Å². The average Bonchev–Trinajstić information content (AvgIpc) is 2.72. The van der Waals surface area contributed by atoms with Gasteiger partial charge in [-0.25, -0.2) is 0 Å². The standard InChI is InChI=1S/C15H23NO2S/c1-4-19(18)8-7-16-12-9-11(3)14-10(2)5-6-13(17)15(12)14/h5-6,11-12,16-17H,4,7-9H2,1-3H3. The van der Waals surface area contributed by atoms with Crippen LogP contribution in [0.2, 0.25) is 0 Å². The van der Waals surface area contributed by atoms with Gasteiger partial charge in [0.15, 0.2) is 0 Å². The van der Waals surface area contributed by atoms with E-state index in [4.69, 9.17) is 0 Å². The van der Waals surface area contributed by atoms with Crippen LogP contribution >= 0.6 is 0 Å². The topological polar surface area (TPSA) is 49.3 Å². The number of phenolic OH excluding ortho intramolecular Hbond substituents is 1. The fraction of sp³-hybridized carbons (Fsp3) is 0.600. The van der Waals surface area contributed by atoms with E-state index in [1.165, 1.54) is 11.1 Å². The SMILES string of the molecule is CCS(=O)CCNC1CC(C)c2c(C)ccc(O)c21. The molecule has 1 aliphatic carbocycles. The molecule has 3 atom stereocenters. The van der Waals surface area contributed by atoms with Gasteiger partial charge in [0.2, 0.25) is 0 Å². The van der Waals surface area contributed by atoms with E-state index in [1.807, 2.05) is 13.0 Å². The number of hydrogen-bond acceptors (Lipinski definition) is 3. The van der Waals surface area contributed by atoms with Crippen LogP contribution in [0.25, 0.3) is 0 Å². The highest BCUT2D eigenvalue weighted by Gasteiger charge is 2.31. The van der Waals surface area contributed by atoms with Gasteiger partial charge in [0.05, 0.1) is 0 Å². The van der Waals surface area contributed by atoms with Crippen LogP contribution in [0, 0.1) is 6.92 Å². The predicted octanol–water partition coefficient (Wildman–Crippen LogP) is 2.61. The molecule has 1 aromatic rings. The van der Waals surface area contributed by atoms with Crippen LogP contribution < -0.4 is 5.32 Å². The summed E-state index contributed by atoms with van der Waals surface area (Å²) in [5.74, 6) is 2.25. The average molecular weight is 281 g/mol. The molecule has 0 aliphatic heterocycles. The van der Waals surface area contributed by atoms with Gasteiger partial charge in [0.1, 0.15) is 5.75 Å². The Morgan fingerprint density at radius 2 is 2.16 bits per heavy atom. The van der Waals surface area contributed by atoms with Crippen molar-refractivity contribution in [3.05, 3.63) is 28.8 Å². The molecule has 1 aliphatic rings. The largest absolute Gasteiger partial charge is 0.508 e. The summed E-state index contributed by atoms with van der Waals surface area (Å²) in [6.07, 6.45) is 1.01. The second-order valence-electron chi connectivity index (χ2n) is 5.31. The van der Waals surface area contributed by atoms with Gasteiger partial charge in [0.25, 0.3) is 0 Å². The number of fused-ring (bicyclic) bond motifs is 1. The highest BCUT2D eigenvalue weighted by molar-refractivity contribution is 7.84. The van der Waals surface area contributed by atoms with E-state index in [9.17, 15) is 9.32 Å². The quantitative estimate of drug-likeness (QED) is 0.872. The van der Waals surface area contributed by atoms with Gasteiger partial charge in [-0.15, -0.1) is 0 Å². The van der Waals surface area contributed by atoms with E-state index in [0.717, 1.165) is 18.5 Å².